The first-order valence-electron chi connectivity index (χ1n) is 6.69. The molecule has 1 aromatic carbocycles. The lowest BCUT2D eigenvalue weighted by Crippen LogP contribution is -2.23. The summed E-state index contributed by atoms with van der Waals surface area (Å²) in [6.45, 7) is 3.47. The molecule has 0 radical (unpaired) electrons. The van der Waals surface area contributed by atoms with Crippen molar-refractivity contribution in [3.05, 3.63) is 39.9 Å². The summed E-state index contributed by atoms with van der Waals surface area (Å²) in [5.74, 6) is 1.63. The smallest absolute Gasteiger partial charge is 0.314 e. The minimum atomic E-state index is -2.54. The third-order valence-electron chi connectivity index (χ3n) is 3.24. The van der Waals surface area contributed by atoms with E-state index >= 15 is 0 Å². The molecule has 112 valence electrons. The van der Waals surface area contributed by atoms with E-state index < -0.39 is 7.44 Å². The number of nitrogens with one attached hydrogen (secondary N) is 2. The molecule has 8 heteroatoms. The van der Waals surface area contributed by atoms with Crippen molar-refractivity contribution < 1.29 is 9.36 Å². The number of nitrogens with zero attached hydrogens (tertiary/aromatic N) is 2. The molecule has 21 heavy (non-hydrogen) atoms. The summed E-state index contributed by atoms with van der Waals surface area (Å²) in [4.78, 5) is 11.8. The van der Waals surface area contributed by atoms with Crippen molar-refractivity contribution in [2.45, 2.75) is 0 Å². The number of anilines is 1. The van der Waals surface area contributed by atoms with Gasteiger partial charge in [0.05, 0.1) is 0 Å². The third-order valence-corrected chi connectivity index (χ3v) is 6.92. The highest BCUT2D eigenvalue weighted by Crippen LogP contribution is 2.61. The van der Waals surface area contributed by atoms with Crippen LogP contribution >= 0.6 is 30.0 Å². The second kappa shape index (κ2) is 6.08. The van der Waals surface area contributed by atoms with E-state index in [1.165, 1.54) is 6.20 Å². The molecule has 6 nitrogen and oxygen atoms in total. The molecule has 0 spiro atoms. The van der Waals surface area contributed by atoms with Crippen LogP contribution in [0.25, 0.3) is 0 Å². The normalized spacial score (nSPS) is 18.7. The molecule has 1 aromatic rings. The Morgan fingerprint density at radius 3 is 2.24 bits per heavy atom. The van der Waals surface area contributed by atoms with Gasteiger partial charge in [-0.25, -0.2) is 14.1 Å². The summed E-state index contributed by atoms with van der Waals surface area (Å²) in [7, 11) is -2.54. The van der Waals surface area contributed by atoms with Gasteiger partial charge >= 0.3 is 6.03 Å². The van der Waals surface area contributed by atoms with Crippen LogP contribution in [0.4, 0.5) is 10.5 Å². The fraction of sp³-hybridized carbons (Fsp3) is 0.308. The average molecular weight is 418 g/mol. The van der Waals surface area contributed by atoms with Gasteiger partial charge in [0.1, 0.15) is 0 Å². The van der Waals surface area contributed by atoms with Crippen molar-refractivity contribution in [3.8, 4) is 0 Å². The van der Waals surface area contributed by atoms with Crippen molar-refractivity contribution in [1.82, 2.24) is 14.7 Å². The van der Waals surface area contributed by atoms with Crippen molar-refractivity contribution in [2.24, 2.45) is 0 Å². The molecule has 0 atom stereocenters. The van der Waals surface area contributed by atoms with Gasteiger partial charge in [-0.1, -0.05) is 0 Å². The van der Waals surface area contributed by atoms with Crippen LogP contribution in [-0.4, -0.2) is 41.6 Å². The fourth-order valence-electron chi connectivity index (χ4n) is 1.94. The first-order valence-corrected chi connectivity index (χ1v) is 9.45. The predicted molar refractivity (Wildman–Crippen MR) is 91.2 cm³/mol. The maximum Gasteiger partial charge on any atom is 0.323 e. The minimum Gasteiger partial charge on any atom is -0.314 e. The number of rotatable bonds is 5. The van der Waals surface area contributed by atoms with Gasteiger partial charge in [0.25, 0.3) is 0 Å². The first-order chi connectivity index (χ1) is 10.1. The van der Waals surface area contributed by atoms with Gasteiger partial charge in [0.2, 0.25) is 7.44 Å². The lowest BCUT2D eigenvalue weighted by atomic mass is 10.3. The Bertz CT molecular complexity index is 595. The Labute approximate surface area is 137 Å². The maximum absolute atomic E-state index is 12.7. The van der Waals surface area contributed by atoms with E-state index in [1.54, 1.807) is 5.82 Å². The van der Waals surface area contributed by atoms with Crippen molar-refractivity contribution >= 4 is 41.8 Å². The van der Waals surface area contributed by atoms with Crippen molar-refractivity contribution in [3.63, 3.8) is 0 Å². The molecule has 0 saturated carbocycles. The van der Waals surface area contributed by atoms with Crippen LogP contribution in [0.2, 0.25) is 0 Å². The van der Waals surface area contributed by atoms with Crippen LogP contribution in [-0.2, 0) is 4.57 Å². The van der Waals surface area contributed by atoms with Crippen LogP contribution in [0.5, 0.6) is 0 Å². The molecule has 0 bridgehead atoms. The highest BCUT2D eigenvalue weighted by Gasteiger charge is 2.45. The second-order valence-electron chi connectivity index (χ2n) is 4.92. The van der Waals surface area contributed by atoms with E-state index in [9.17, 15) is 9.36 Å². The summed E-state index contributed by atoms with van der Waals surface area (Å²) in [5, 5.41) is 5.33. The Morgan fingerprint density at radius 1 is 1.14 bits per heavy atom. The Kier molecular flexibility index (Phi) is 4.35. The van der Waals surface area contributed by atoms with E-state index in [1.807, 2.05) is 33.6 Å². The van der Waals surface area contributed by atoms with Crippen LogP contribution in [0.15, 0.2) is 36.3 Å². The topological polar surface area (TPSA) is 64.2 Å². The fourth-order valence-corrected chi connectivity index (χ4v) is 4.63. The molecule has 2 aliphatic rings. The van der Waals surface area contributed by atoms with E-state index in [0.717, 1.165) is 35.4 Å². The first kappa shape index (κ1) is 15.0. The van der Waals surface area contributed by atoms with Crippen molar-refractivity contribution in [1.29, 1.82) is 0 Å². The standard InChI is InChI=1S/C13H16IN4O2P/c14-11-1-3-12(4-2-11)16-13(19)15-5-10-21(20,17-6-7-17)18-8-9-18/h1-5,10H,6-9H2,(H2,15,16,19). The molecule has 0 aromatic heterocycles. The van der Waals surface area contributed by atoms with Gasteiger partial charge in [-0.2, -0.15) is 0 Å². The number of amides is 2. The largest absolute Gasteiger partial charge is 0.323 e. The SMILES string of the molecule is O=C(NC=CP(=O)(N1CC1)N1CC1)Nc1ccc(I)cc1. The predicted octanol–water partition coefficient (Wildman–Crippen LogP) is 2.71. The number of hydrogen-bond acceptors (Lipinski definition) is 2. The molecule has 3 rings (SSSR count). The molecule has 2 N–H and O–H groups in total. The molecule has 2 saturated heterocycles. The lowest BCUT2D eigenvalue weighted by molar-refractivity contribution is 0.255. The summed E-state index contributed by atoms with van der Waals surface area (Å²) in [6, 6.07) is 7.17. The highest BCUT2D eigenvalue weighted by molar-refractivity contribution is 14.1. The number of urea groups is 1. The Balaban J connectivity index is 1.54. The van der Waals surface area contributed by atoms with Crippen LogP contribution in [0, 0.1) is 3.57 Å². The van der Waals surface area contributed by atoms with E-state index in [-0.39, 0.29) is 6.03 Å². The number of carbonyl (C=O) groups is 1. The zero-order valence-electron chi connectivity index (χ0n) is 11.3. The Hall–Kier alpha value is -0.890. The average Bonchev–Trinajstić information content (AvgIpc) is 3.30. The van der Waals surface area contributed by atoms with Gasteiger partial charge in [0.15, 0.2) is 0 Å². The summed E-state index contributed by atoms with van der Waals surface area (Å²) < 4.78 is 17.7. The maximum atomic E-state index is 12.7. The van der Waals surface area contributed by atoms with Crippen LogP contribution < -0.4 is 10.6 Å². The third kappa shape index (κ3) is 3.85. The van der Waals surface area contributed by atoms with E-state index in [2.05, 4.69) is 33.2 Å². The Morgan fingerprint density at radius 2 is 1.71 bits per heavy atom. The van der Waals surface area contributed by atoms with Crippen molar-refractivity contribution in [2.75, 3.05) is 31.5 Å². The zero-order valence-corrected chi connectivity index (χ0v) is 14.4. The number of halogens is 1. The second-order valence-corrected chi connectivity index (χ2v) is 8.77. The molecule has 2 aliphatic heterocycles. The molecule has 0 unspecified atom stereocenters. The van der Waals surface area contributed by atoms with Gasteiger partial charge < -0.3 is 10.6 Å². The number of hydrogen-bond donors (Lipinski definition) is 2. The molecule has 2 amide bonds. The minimum absolute atomic E-state index is 0.337. The van der Waals surface area contributed by atoms with Gasteiger partial charge in [0, 0.05) is 47.5 Å². The molecule has 2 fully saturated rings. The number of benzene rings is 1. The molecular formula is C13H16IN4O2P. The van der Waals surface area contributed by atoms with Crippen LogP contribution in [0.1, 0.15) is 0 Å². The summed E-state index contributed by atoms with van der Waals surface area (Å²) in [5.41, 5.74) is 0.724. The summed E-state index contributed by atoms with van der Waals surface area (Å²) >= 11 is 2.21. The molecule has 0 aliphatic carbocycles. The van der Waals surface area contributed by atoms with Gasteiger partial charge in [-0.15, -0.1) is 0 Å². The quantitative estimate of drug-likeness (QED) is 0.439. The lowest BCUT2D eigenvalue weighted by Gasteiger charge is -2.15. The molecule has 2 heterocycles. The number of carbonyl (C=O) groups excluding carboxylic acids is 1. The van der Waals surface area contributed by atoms with Gasteiger partial charge in [-0.3, -0.25) is 4.57 Å². The molecular weight excluding hydrogens is 402 g/mol. The van der Waals surface area contributed by atoms with E-state index in [0.29, 0.717) is 0 Å². The summed E-state index contributed by atoms with van der Waals surface area (Å²) in [6.07, 6.45) is 1.49. The zero-order chi connectivity index (χ0) is 14.9. The highest BCUT2D eigenvalue weighted by atomic mass is 127. The van der Waals surface area contributed by atoms with E-state index in [4.69, 9.17) is 0 Å². The van der Waals surface area contributed by atoms with Crippen LogP contribution in [0.3, 0.4) is 0 Å². The van der Waals surface area contributed by atoms with Gasteiger partial charge in [-0.05, 0) is 46.9 Å². The monoisotopic (exact) mass is 418 g/mol.